The Kier molecular flexibility index (Phi) is 3.12. The second-order valence-corrected chi connectivity index (χ2v) is 4.52. The number of aryl methyl sites for hydroxylation is 2. The van der Waals surface area contributed by atoms with Crippen molar-refractivity contribution in [2.24, 2.45) is 13.0 Å². The highest BCUT2D eigenvalue weighted by atomic mass is 16.5. The van der Waals surface area contributed by atoms with Crippen LogP contribution in [-0.4, -0.2) is 19.9 Å². The van der Waals surface area contributed by atoms with Crippen LogP contribution in [0, 0.1) is 5.92 Å². The fraction of sp³-hybridized carbons (Fsp3) is 0.545. The fourth-order valence-corrected chi connectivity index (χ4v) is 1.49. The quantitative estimate of drug-likeness (QED) is 0.871. The normalized spacial score (nSPS) is 11.3. The summed E-state index contributed by atoms with van der Waals surface area (Å²) >= 11 is 0. The molecule has 0 aliphatic carbocycles. The average molecular weight is 235 g/mol. The molecule has 0 aliphatic heterocycles. The first-order valence-electron chi connectivity index (χ1n) is 5.68. The van der Waals surface area contributed by atoms with Crippen molar-refractivity contribution < 1.29 is 4.52 Å². The van der Waals surface area contributed by atoms with E-state index in [2.05, 4.69) is 29.1 Å². The van der Waals surface area contributed by atoms with Crippen LogP contribution in [0.1, 0.15) is 26.1 Å². The van der Waals surface area contributed by atoms with E-state index in [4.69, 9.17) is 10.3 Å². The third-order valence-electron chi connectivity index (χ3n) is 2.63. The molecule has 2 heterocycles. The van der Waals surface area contributed by atoms with Crippen molar-refractivity contribution in [3.63, 3.8) is 0 Å². The van der Waals surface area contributed by atoms with Crippen LogP contribution in [0.5, 0.6) is 0 Å². The number of rotatable bonds is 4. The van der Waals surface area contributed by atoms with Gasteiger partial charge in [-0.2, -0.15) is 10.1 Å². The molecule has 0 amide bonds. The first-order chi connectivity index (χ1) is 8.08. The molecule has 0 aliphatic rings. The van der Waals surface area contributed by atoms with Crippen LogP contribution in [0.4, 0.5) is 5.82 Å². The lowest BCUT2D eigenvalue weighted by Crippen LogP contribution is -1.98. The number of anilines is 1. The third kappa shape index (κ3) is 2.46. The Hall–Kier alpha value is -1.85. The molecule has 0 spiro atoms. The zero-order valence-corrected chi connectivity index (χ0v) is 10.3. The van der Waals surface area contributed by atoms with Gasteiger partial charge in [0.2, 0.25) is 0 Å². The molecule has 2 aromatic rings. The topological polar surface area (TPSA) is 82.8 Å². The molecule has 0 saturated heterocycles. The van der Waals surface area contributed by atoms with E-state index in [0.29, 0.717) is 23.2 Å². The van der Waals surface area contributed by atoms with E-state index in [9.17, 15) is 0 Å². The molecule has 92 valence electrons. The van der Waals surface area contributed by atoms with Gasteiger partial charge in [0.25, 0.3) is 5.89 Å². The van der Waals surface area contributed by atoms with Gasteiger partial charge in [-0.3, -0.25) is 4.68 Å². The van der Waals surface area contributed by atoms with Gasteiger partial charge in [-0.05, 0) is 12.3 Å². The maximum Gasteiger partial charge on any atom is 0.263 e. The Morgan fingerprint density at radius 1 is 1.47 bits per heavy atom. The lowest BCUT2D eigenvalue weighted by atomic mass is 10.1. The molecule has 6 heteroatoms. The van der Waals surface area contributed by atoms with Crippen molar-refractivity contribution in [3.05, 3.63) is 12.0 Å². The van der Waals surface area contributed by atoms with Gasteiger partial charge in [-0.1, -0.05) is 19.0 Å². The summed E-state index contributed by atoms with van der Waals surface area (Å²) in [6.07, 6.45) is 3.50. The van der Waals surface area contributed by atoms with Crippen LogP contribution in [0.2, 0.25) is 0 Å². The summed E-state index contributed by atoms with van der Waals surface area (Å²) in [4.78, 5) is 4.32. The van der Waals surface area contributed by atoms with Crippen LogP contribution < -0.4 is 5.73 Å². The van der Waals surface area contributed by atoms with Crippen LogP contribution in [0.25, 0.3) is 11.5 Å². The second-order valence-electron chi connectivity index (χ2n) is 4.52. The summed E-state index contributed by atoms with van der Waals surface area (Å²) in [7, 11) is 1.77. The predicted octanol–water partition coefficient (Wildman–Crippen LogP) is 1.64. The highest BCUT2D eigenvalue weighted by molar-refractivity contribution is 5.66. The molecule has 0 atom stereocenters. The Morgan fingerprint density at radius 2 is 2.24 bits per heavy atom. The van der Waals surface area contributed by atoms with Crippen molar-refractivity contribution in [1.29, 1.82) is 0 Å². The van der Waals surface area contributed by atoms with Crippen LogP contribution in [0.3, 0.4) is 0 Å². The SMILES string of the molecule is CC(C)CCc1noc(-c2cnn(C)c2N)n1. The van der Waals surface area contributed by atoms with Crippen molar-refractivity contribution in [2.75, 3.05) is 5.73 Å². The molecule has 0 fully saturated rings. The Labute approximate surface area is 99.8 Å². The average Bonchev–Trinajstić information content (AvgIpc) is 2.85. The molecule has 2 aromatic heterocycles. The monoisotopic (exact) mass is 235 g/mol. The minimum absolute atomic E-state index is 0.439. The molecule has 2 N–H and O–H groups in total. The largest absolute Gasteiger partial charge is 0.383 e. The van der Waals surface area contributed by atoms with Gasteiger partial charge < -0.3 is 10.3 Å². The Balaban J connectivity index is 2.15. The predicted molar refractivity (Wildman–Crippen MR) is 64.1 cm³/mol. The van der Waals surface area contributed by atoms with Gasteiger partial charge in [-0.15, -0.1) is 0 Å². The highest BCUT2D eigenvalue weighted by Crippen LogP contribution is 2.23. The van der Waals surface area contributed by atoms with E-state index < -0.39 is 0 Å². The van der Waals surface area contributed by atoms with E-state index in [1.165, 1.54) is 0 Å². The Morgan fingerprint density at radius 3 is 2.82 bits per heavy atom. The number of hydrogen-bond acceptors (Lipinski definition) is 5. The summed E-state index contributed by atoms with van der Waals surface area (Å²) in [5.74, 6) is 2.32. The molecule has 17 heavy (non-hydrogen) atoms. The van der Waals surface area contributed by atoms with Crippen LogP contribution in [-0.2, 0) is 13.5 Å². The molecule has 0 unspecified atom stereocenters. The Bertz CT molecular complexity index is 500. The number of nitrogens with two attached hydrogens (primary N) is 1. The molecule has 0 saturated carbocycles. The summed E-state index contributed by atoms with van der Waals surface area (Å²) in [5, 5.41) is 7.98. The van der Waals surface area contributed by atoms with Gasteiger partial charge in [0, 0.05) is 13.5 Å². The number of nitrogens with zero attached hydrogens (tertiary/aromatic N) is 4. The summed E-state index contributed by atoms with van der Waals surface area (Å²) in [6.45, 7) is 4.33. The maximum atomic E-state index is 5.84. The van der Waals surface area contributed by atoms with Gasteiger partial charge in [0.1, 0.15) is 11.4 Å². The number of nitrogen functional groups attached to an aromatic ring is 1. The minimum Gasteiger partial charge on any atom is -0.383 e. The van der Waals surface area contributed by atoms with Crippen LogP contribution in [0.15, 0.2) is 10.7 Å². The minimum atomic E-state index is 0.439. The summed E-state index contributed by atoms with van der Waals surface area (Å²) < 4.78 is 6.76. The first kappa shape index (κ1) is 11.6. The zero-order valence-electron chi connectivity index (χ0n) is 10.3. The molecule has 0 radical (unpaired) electrons. The van der Waals surface area contributed by atoms with Gasteiger partial charge in [0.15, 0.2) is 5.82 Å². The molecule has 0 aromatic carbocycles. The fourth-order valence-electron chi connectivity index (χ4n) is 1.49. The maximum absolute atomic E-state index is 5.84. The highest BCUT2D eigenvalue weighted by Gasteiger charge is 2.14. The van der Waals surface area contributed by atoms with E-state index in [0.717, 1.165) is 18.7 Å². The van der Waals surface area contributed by atoms with Gasteiger partial charge in [0.05, 0.1) is 6.20 Å². The first-order valence-corrected chi connectivity index (χ1v) is 5.68. The smallest absolute Gasteiger partial charge is 0.263 e. The standard InChI is InChI=1S/C11H17N5O/c1-7(2)4-5-9-14-11(17-15-9)8-6-13-16(3)10(8)12/h6-7H,4-5,12H2,1-3H3. The number of hydrogen-bond donors (Lipinski definition) is 1. The lowest BCUT2D eigenvalue weighted by molar-refractivity contribution is 0.419. The van der Waals surface area contributed by atoms with E-state index >= 15 is 0 Å². The van der Waals surface area contributed by atoms with E-state index in [1.807, 2.05) is 0 Å². The lowest BCUT2D eigenvalue weighted by Gasteiger charge is -1.98. The second kappa shape index (κ2) is 4.57. The van der Waals surface area contributed by atoms with Gasteiger partial charge >= 0.3 is 0 Å². The van der Waals surface area contributed by atoms with E-state index in [-0.39, 0.29) is 0 Å². The molecule has 2 rings (SSSR count). The van der Waals surface area contributed by atoms with Crippen molar-refractivity contribution in [3.8, 4) is 11.5 Å². The summed E-state index contributed by atoms with van der Waals surface area (Å²) in [5.41, 5.74) is 6.53. The van der Waals surface area contributed by atoms with E-state index in [1.54, 1.807) is 17.9 Å². The molecular formula is C11H17N5O. The summed E-state index contributed by atoms with van der Waals surface area (Å²) in [6, 6.07) is 0. The van der Waals surface area contributed by atoms with Crippen molar-refractivity contribution in [1.82, 2.24) is 19.9 Å². The molecule has 6 nitrogen and oxygen atoms in total. The molecule has 0 bridgehead atoms. The van der Waals surface area contributed by atoms with Crippen molar-refractivity contribution >= 4 is 5.82 Å². The zero-order chi connectivity index (χ0) is 12.4. The number of aromatic nitrogens is 4. The molecular weight excluding hydrogens is 218 g/mol. The van der Waals surface area contributed by atoms with Gasteiger partial charge in [-0.25, -0.2) is 0 Å². The third-order valence-corrected chi connectivity index (χ3v) is 2.63. The van der Waals surface area contributed by atoms with Crippen LogP contribution >= 0.6 is 0 Å². The van der Waals surface area contributed by atoms with Crippen molar-refractivity contribution in [2.45, 2.75) is 26.7 Å².